The largest absolute Gasteiger partial charge is 0.490 e. The van der Waals surface area contributed by atoms with Crippen LogP contribution in [0.2, 0.25) is 0 Å². The minimum Gasteiger partial charge on any atom is -0.490 e. The van der Waals surface area contributed by atoms with Crippen molar-refractivity contribution < 1.29 is 22.3 Å². The Bertz CT molecular complexity index is 1300. The summed E-state index contributed by atoms with van der Waals surface area (Å²) in [4.78, 5) is -0.00908. The number of hydrogen-bond acceptors (Lipinski definition) is 5. The fourth-order valence-corrected chi connectivity index (χ4v) is 4.52. The average molecular weight is 436 g/mol. The van der Waals surface area contributed by atoms with Crippen LogP contribution in [0.15, 0.2) is 88.2 Å². The third-order valence-corrected chi connectivity index (χ3v) is 6.37. The summed E-state index contributed by atoms with van der Waals surface area (Å²) in [5.74, 6) is 1.49. The molecule has 0 aliphatic carbocycles. The Labute approximate surface area is 180 Å². The Balaban J connectivity index is 1.57. The van der Waals surface area contributed by atoms with E-state index in [1.54, 1.807) is 6.07 Å². The van der Waals surface area contributed by atoms with Crippen molar-refractivity contribution in [1.82, 2.24) is 0 Å². The zero-order valence-corrected chi connectivity index (χ0v) is 17.4. The predicted octanol–water partition coefficient (Wildman–Crippen LogP) is 4.44. The van der Waals surface area contributed by atoms with Gasteiger partial charge in [-0.1, -0.05) is 48.5 Å². The molecule has 158 valence electrons. The molecule has 3 aromatic carbocycles. The van der Waals surface area contributed by atoms with E-state index >= 15 is 0 Å². The van der Waals surface area contributed by atoms with Gasteiger partial charge in [-0.05, 0) is 29.8 Å². The fourth-order valence-electron chi connectivity index (χ4n) is 4.00. The molecular weight excluding hydrogens is 414 g/mol. The first kappa shape index (κ1) is 19.7. The summed E-state index contributed by atoms with van der Waals surface area (Å²) in [5.41, 5.74) is 1.89. The Morgan fingerprint density at radius 2 is 1.68 bits per heavy atom. The Hall–Kier alpha value is -3.29. The first-order valence-corrected chi connectivity index (χ1v) is 11.5. The first-order valence-electron chi connectivity index (χ1n) is 9.99. The minimum atomic E-state index is -3.83. The summed E-state index contributed by atoms with van der Waals surface area (Å²) in [6, 6.07) is 24.4. The van der Waals surface area contributed by atoms with Crippen LogP contribution < -0.4 is 14.6 Å². The third kappa shape index (κ3) is 3.89. The number of hydrogen-bond donors (Lipinski definition) is 1. The molecule has 7 heteroatoms. The monoisotopic (exact) mass is 435 g/mol. The summed E-state index contributed by atoms with van der Waals surface area (Å²) in [5, 5.41) is 6.29. The van der Waals surface area contributed by atoms with E-state index < -0.39 is 10.0 Å². The minimum absolute atomic E-state index is 0.00908. The molecule has 0 bridgehead atoms. The number of furan rings is 1. The molecule has 31 heavy (non-hydrogen) atoms. The lowest BCUT2D eigenvalue weighted by molar-refractivity contribution is 0.165. The summed E-state index contributed by atoms with van der Waals surface area (Å²) in [7, 11) is -3.83. The van der Waals surface area contributed by atoms with E-state index in [0.29, 0.717) is 24.5 Å². The molecule has 1 aliphatic heterocycles. The highest BCUT2D eigenvalue weighted by atomic mass is 32.2. The van der Waals surface area contributed by atoms with Crippen LogP contribution in [-0.4, -0.2) is 21.1 Å². The second kappa shape index (κ2) is 7.76. The van der Waals surface area contributed by atoms with E-state index in [9.17, 15) is 8.42 Å². The van der Waals surface area contributed by atoms with E-state index in [0.717, 1.165) is 22.3 Å². The number of benzene rings is 3. The van der Waals surface area contributed by atoms with E-state index in [4.69, 9.17) is 19.0 Å². The zero-order valence-electron chi connectivity index (χ0n) is 16.6. The molecule has 1 aliphatic rings. The average Bonchev–Trinajstić information content (AvgIpc) is 3.06. The lowest BCUT2D eigenvalue weighted by Gasteiger charge is -2.25. The molecule has 4 aromatic rings. The molecular formula is C24H21NO5S. The fraction of sp³-hybridized carbons (Fsp3) is 0.167. The maximum Gasteiger partial charge on any atom is 0.238 e. The second-order valence-electron chi connectivity index (χ2n) is 7.52. The molecule has 0 radical (unpaired) electrons. The summed E-state index contributed by atoms with van der Waals surface area (Å²) < 4.78 is 41.8. The highest BCUT2D eigenvalue weighted by molar-refractivity contribution is 7.89. The van der Waals surface area contributed by atoms with Gasteiger partial charge in [0.25, 0.3) is 0 Å². The first-order chi connectivity index (χ1) is 15.0. The second-order valence-corrected chi connectivity index (χ2v) is 9.08. The van der Waals surface area contributed by atoms with Crippen LogP contribution in [0.25, 0.3) is 11.0 Å². The molecule has 1 unspecified atom stereocenters. The van der Waals surface area contributed by atoms with Gasteiger partial charge in [0.2, 0.25) is 10.0 Å². The highest BCUT2D eigenvalue weighted by Gasteiger charge is 2.32. The van der Waals surface area contributed by atoms with Gasteiger partial charge in [0, 0.05) is 17.9 Å². The van der Waals surface area contributed by atoms with Crippen LogP contribution in [0.1, 0.15) is 23.7 Å². The molecule has 0 saturated heterocycles. The Kier molecular flexibility index (Phi) is 4.92. The number of sulfonamides is 1. The van der Waals surface area contributed by atoms with Crippen LogP contribution in [0.5, 0.6) is 11.5 Å². The van der Waals surface area contributed by atoms with Crippen molar-refractivity contribution in [2.75, 3.05) is 6.61 Å². The molecule has 2 heterocycles. The van der Waals surface area contributed by atoms with E-state index in [1.807, 2.05) is 48.5 Å². The molecule has 0 fully saturated rings. The molecule has 1 aromatic heterocycles. The third-order valence-electron chi connectivity index (χ3n) is 5.46. The lowest BCUT2D eigenvalue weighted by Crippen LogP contribution is -2.26. The summed E-state index contributed by atoms with van der Waals surface area (Å²) in [6.45, 7) is 0.370. The smallest absolute Gasteiger partial charge is 0.238 e. The van der Waals surface area contributed by atoms with Gasteiger partial charge in [0.1, 0.15) is 17.4 Å². The molecule has 5 rings (SSSR count). The van der Waals surface area contributed by atoms with Crippen molar-refractivity contribution >= 4 is 21.0 Å². The van der Waals surface area contributed by atoms with Crippen LogP contribution in [-0.2, 0) is 10.0 Å². The van der Waals surface area contributed by atoms with E-state index in [1.165, 1.54) is 12.1 Å². The topological polar surface area (TPSA) is 91.8 Å². The number of fused-ring (bicyclic) bond motifs is 2. The maximum atomic E-state index is 11.7. The van der Waals surface area contributed by atoms with Crippen LogP contribution in [0.4, 0.5) is 0 Å². The SMILES string of the molecule is NS(=O)(=O)c1ccc2c(c1)OCCC([C@H](c1ccccc1)c1cc3ccccc3o1)O2. The van der Waals surface area contributed by atoms with E-state index in [2.05, 4.69) is 12.1 Å². The molecule has 6 nitrogen and oxygen atoms in total. The molecule has 0 spiro atoms. The van der Waals surface area contributed by atoms with Gasteiger partial charge in [-0.3, -0.25) is 0 Å². The van der Waals surface area contributed by atoms with Crippen molar-refractivity contribution in [3.05, 3.63) is 90.2 Å². The van der Waals surface area contributed by atoms with Crippen LogP contribution in [0, 0.1) is 0 Å². The molecule has 2 atom stereocenters. The summed E-state index contributed by atoms with van der Waals surface area (Å²) >= 11 is 0. The molecule has 2 N–H and O–H groups in total. The zero-order chi connectivity index (χ0) is 21.4. The van der Waals surface area contributed by atoms with E-state index in [-0.39, 0.29) is 16.9 Å². The normalized spacial score (nSPS) is 17.3. The van der Waals surface area contributed by atoms with Gasteiger partial charge in [-0.2, -0.15) is 0 Å². The van der Waals surface area contributed by atoms with Gasteiger partial charge in [-0.25, -0.2) is 13.6 Å². The van der Waals surface area contributed by atoms with Crippen molar-refractivity contribution in [2.24, 2.45) is 5.14 Å². The van der Waals surface area contributed by atoms with Gasteiger partial charge >= 0.3 is 0 Å². The highest BCUT2D eigenvalue weighted by Crippen LogP contribution is 2.40. The van der Waals surface area contributed by atoms with Crippen LogP contribution >= 0.6 is 0 Å². The van der Waals surface area contributed by atoms with Crippen LogP contribution in [0.3, 0.4) is 0 Å². The Morgan fingerprint density at radius 3 is 2.45 bits per heavy atom. The quantitative estimate of drug-likeness (QED) is 0.512. The van der Waals surface area contributed by atoms with Crippen molar-refractivity contribution in [3.8, 4) is 11.5 Å². The molecule has 0 saturated carbocycles. The van der Waals surface area contributed by atoms with Gasteiger partial charge in [-0.15, -0.1) is 0 Å². The number of para-hydroxylation sites is 1. The van der Waals surface area contributed by atoms with Gasteiger partial charge < -0.3 is 13.9 Å². The summed E-state index contributed by atoms with van der Waals surface area (Å²) in [6.07, 6.45) is 0.320. The maximum absolute atomic E-state index is 11.7. The molecule has 0 amide bonds. The predicted molar refractivity (Wildman–Crippen MR) is 117 cm³/mol. The number of ether oxygens (including phenoxy) is 2. The lowest BCUT2D eigenvalue weighted by atomic mass is 9.89. The van der Waals surface area contributed by atoms with Crippen molar-refractivity contribution in [3.63, 3.8) is 0 Å². The van der Waals surface area contributed by atoms with Crippen molar-refractivity contribution in [1.29, 1.82) is 0 Å². The number of primary sulfonamides is 1. The van der Waals surface area contributed by atoms with Gasteiger partial charge in [0.15, 0.2) is 11.5 Å². The number of nitrogens with two attached hydrogens (primary N) is 1. The van der Waals surface area contributed by atoms with Gasteiger partial charge in [0.05, 0.1) is 17.4 Å². The number of rotatable bonds is 4. The standard InChI is InChI=1S/C24H21NO5S/c25-31(26,27)18-10-11-20-22(15-18)28-13-12-21(30-20)24(16-6-2-1-3-7-16)23-14-17-8-4-5-9-19(17)29-23/h1-11,14-15,21,24H,12-13H2,(H2,25,26,27)/t21?,24-/m0/s1. The Morgan fingerprint density at radius 1 is 0.903 bits per heavy atom. The van der Waals surface area contributed by atoms with Crippen molar-refractivity contribution in [2.45, 2.75) is 23.3 Å².